The fourth-order valence-corrected chi connectivity index (χ4v) is 7.79. The van der Waals surface area contributed by atoms with Crippen LogP contribution in [0.3, 0.4) is 0 Å². The molecule has 2 aliphatic heterocycles. The molecular formula is C39H43Cl5N6O3. The molecule has 4 aromatic rings. The summed E-state index contributed by atoms with van der Waals surface area (Å²) in [6.07, 6.45) is 7.54. The van der Waals surface area contributed by atoms with E-state index in [9.17, 15) is 9.90 Å². The second-order valence-corrected chi connectivity index (χ2v) is 13.5. The molecule has 0 amide bonds. The molecule has 0 radical (unpaired) electrons. The Labute approximate surface area is 339 Å². The van der Waals surface area contributed by atoms with E-state index in [-0.39, 0.29) is 61.9 Å². The summed E-state index contributed by atoms with van der Waals surface area (Å²) in [5.41, 5.74) is 9.43. The number of esters is 1. The number of nitrogens with one attached hydrogen (secondary N) is 2. The highest BCUT2D eigenvalue weighted by Gasteiger charge is 2.34. The topological polar surface area (TPSA) is 103 Å². The molecule has 2 unspecified atom stereocenters. The molecule has 0 saturated carbocycles. The van der Waals surface area contributed by atoms with Crippen LogP contribution in [0.1, 0.15) is 56.9 Å². The smallest absolute Gasteiger partial charge is 0.338 e. The first-order chi connectivity index (χ1) is 24.5. The van der Waals surface area contributed by atoms with Gasteiger partial charge in [0.25, 0.3) is 0 Å². The number of methoxy groups -OCH3 is 1. The van der Waals surface area contributed by atoms with Gasteiger partial charge >= 0.3 is 5.97 Å². The maximum Gasteiger partial charge on any atom is 0.338 e. The number of fused-ring (bicyclic) bond motifs is 4. The number of hydrogen-bond donors (Lipinski definition) is 3. The van der Waals surface area contributed by atoms with Crippen molar-refractivity contribution in [2.75, 3.05) is 66.1 Å². The molecule has 14 heteroatoms. The van der Waals surface area contributed by atoms with Crippen molar-refractivity contribution in [3.8, 4) is 0 Å². The summed E-state index contributed by atoms with van der Waals surface area (Å²) in [5.74, 6) is -0.369. The van der Waals surface area contributed by atoms with Gasteiger partial charge in [-0.05, 0) is 76.4 Å². The van der Waals surface area contributed by atoms with Crippen molar-refractivity contribution in [1.29, 1.82) is 0 Å². The Bertz CT molecular complexity index is 1950. The van der Waals surface area contributed by atoms with E-state index in [2.05, 4.69) is 31.5 Å². The minimum Gasteiger partial charge on any atom is -0.465 e. The molecule has 3 N–H and O–H groups in total. The van der Waals surface area contributed by atoms with Crippen LogP contribution >= 0.6 is 60.4 Å². The monoisotopic (exact) mass is 818 g/mol. The molecule has 2 aromatic carbocycles. The maximum atomic E-state index is 12.5. The Hall–Kier alpha value is -3.06. The van der Waals surface area contributed by atoms with Gasteiger partial charge in [0, 0.05) is 85.9 Å². The van der Waals surface area contributed by atoms with Gasteiger partial charge in [-0.1, -0.05) is 47.5 Å². The Morgan fingerprint density at radius 1 is 0.755 bits per heavy atom. The minimum atomic E-state index is -0.369. The van der Waals surface area contributed by atoms with Crippen LogP contribution in [0.25, 0.3) is 23.3 Å². The van der Waals surface area contributed by atoms with Crippen molar-refractivity contribution in [2.24, 2.45) is 0 Å². The zero-order valence-electron chi connectivity index (χ0n) is 29.1. The van der Waals surface area contributed by atoms with Gasteiger partial charge in [-0.3, -0.25) is 19.8 Å². The van der Waals surface area contributed by atoms with Crippen LogP contribution in [0, 0.1) is 0 Å². The maximum absolute atomic E-state index is 12.5. The average Bonchev–Trinajstić information content (AvgIpc) is 3.39. The molecule has 9 nitrogen and oxygen atoms in total. The number of aromatic nitrogens is 2. The Balaban J connectivity index is 0.000000225. The van der Waals surface area contributed by atoms with E-state index in [1.807, 2.05) is 72.9 Å². The lowest BCUT2D eigenvalue weighted by Crippen LogP contribution is -2.45. The Morgan fingerprint density at radius 2 is 1.23 bits per heavy atom. The van der Waals surface area contributed by atoms with Gasteiger partial charge in [0.1, 0.15) is 0 Å². The number of carbonyl (C=O) groups excluding carboxylic acids is 1. The van der Waals surface area contributed by atoms with E-state index in [4.69, 9.17) is 32.9 Å². The zero-order valence-corrected chi connectivity index (χ0v) is 33.1. The Morgan fingerprint density at radius 3 is 1.72 bits per heavy atom. The van der Waals surface area contributed by atoms with Crippen LogP contribution in [-0.4, -0.2) is 96.9 Å². The highest BCUT2D eigenvalue weighted by atomic mass is 35.5. The van der Waals surface area contributed by atoms with Crippen LogP contribution in [0.5, 0.6) is 0 Å². The number of hydrogen-bond acceptors (Lipinski definition) is 9. The number of nitrogens with zero attached hydrogens (tertiary/aromatic N) is 4. The van der Waals surface area contributed by atoms with Gasteiger partial charge in [0.05, 0.1) is 42.8 Å². The van der Waals surface area contributed by atoms with Gasteiger partial charge in [-0.25, -0.2) is 4.79 Å². The van der Waals surface area contributed by atoms with Crippen LogP contribution in [-0.2, 0) is 9.53 Å². The number of pyridine rings is 2. The SMILES string of the molecule is COC(=O)C1=Cc2cc(Cl)ccc2C(N2CCNCC2)c2ncccc21.Cl.Cl.Cl.OCC1=Cc2cc(Cl)ccc2C(N2CCNCC2)c2ncccc21. The summed E-state index contributed by atoms with van der Waals surface area (Å²) in [6, 6.07) is 19.7. The first kappa shape index (κ1) is 42.7. The molecule has 2 aromatic heterocycles. The normalized spacial score (nSPS) is 19.1. The molecule has 53 heavy (non-hydrogen) atoms. The van der Waals surface area contributed by atoms with Crippen LogP contribution in [0.2, 0.25) is 10.0 Å². The zero-order chi connectivity index (χ0) is 34.6. The molecule has 2 atom stereocenters. The predicted octanol–water partition coefficient (Wildman–Crippen LogP) is 6.60. The lowest BCUT2D eigenvalue weighted by Gasteiger charge is -2.35. The quantitative estimate of drug-likeness (QED) is 0.197. The second-order valence-electron chi connectivity index (χ2n) is 12.7. The molecule has 0 spiro atoms. The Kier molecular flexibility index (Phi) is 15.7. The van der Waals surface area contributed by atoms with E-state index in [0.29, 0.717) is 15.6 Å². The van der Waals surface area contributed by atoms with Crippen molar-refractivity contribution in [1.82, 2.24) is 30.4 Å². The molecule has 282 valence electrons. The summed E-state index contributed by atoms with van der Waals surface area (Å²) in [6.45, 7) is 7.56. The van der Waals surface area contributed by atoms with Crippen LogP contribution < -0.4 is 10.6 Å². The van der Waals surface area contributed by atoms with E-state index in [0.717, 1.165) is 97.1 Å². The number of rotatable bonds is 4. The van der Waals surface area contributed by atoms with Crippen LogP contribution in [0.15, 0.2) is 73.1 Å². The summed E-state index contributed by atoms with van der Waals surface area (Å²) >= 11 is 12.5. The molecule has 0 bridgehead atoms. The number of carbonyl (C=O) groups is 1. The number of benzene rings is 2. The number of halogens is 5. The van der Waals surface area contributed by atoms with Crippen molar-refractivity contribution >= 4 is 89.7 Å². The number of aliphatic hydroxyl groups is 1. The van der Waals surface area contributed by atoms with Crippen LogP contribution in [0.4, 0.5) is 0 Å². The molecular weight excluding hydrogens is 778 g/mol. The summed E-state index contributed by atoms with van der Waals surface area (Å²) in [4.78, 5) is 26.7. The largest absolute Gasteiger partial charge is 0.465 e. The van der Waals surface area contributed by atoms with Crippen molar-refractivity contribution in [3.63, 3.8) is 0 Å². The van der Waals surface area contributed by atoms with Gasteiger partial charge < -0.3 is 20.5 Å². The number of piperazine rings is 2. The van der Waals surface area contributed by atoms with Crippen molar-refractivity contribution in [2.45, 2.75) is 12.1 Å². The summed E-state index contributed by atoms with van der Waals surface area (Å²) in [5, 5.41) is 18.1. The lowest BCUT2D eigenvalue weighted by molar-refractivity contribution is -0.133. The summed E-state index contributed by atoms with van der Waals surface area (Å²) in [7, 11) is 1.40. The number of ether oxygens (including phenoxy) is 1. The highest BCUT2D eigenvalue weighted by Crippen LogP contribution is 2.41. The third-order valence-electron chi connectivity index (χ3n) is 9.76. The van der Waals surface area contributed by atoms with E-state index in [1.54, 1.807) is 6.20 Å². The fourth-order valence-electron chi connectivity index (χ4n) is 7.43. The molecule has 2 saturated heterocycles. The first-order valence-electron chi connectivity index (χ1n) is 17.0. The molecule has 4 aliphatic rings. The molecule has 8 rings (SSSR count). The van der Waals surface area contributed by atoms with Crippen molar-refractivity contribution in [3.05, 3.63) is 128 Å². The molecule has 2 aliphatic carbocycles. The summed E-state index contributed by atoms with van der Waals surface area (Å²) < 4.78 is 5.04. The van der Waals surface area contributed by atoms with Crippen molar-refractivity contribution < 1.29 is 14.6 Å². The predicted molar refractivity (Wildman–Crippen MR) is 221 cm³/mol. The number of aliphatic hydroxyl groups excluding tert-OH is 1. The lowest BCUT2D eigenvalue weighted by atomic mass is 9.95. The van der Waals surface area contributed by atoms with Gasteiger partial charge in [0.15, 0.2) is 0 Å². The molecule has 2 fully saturated rings. The molecule has 4 heterocycles. The average molecular weight is 821 g/mol. The van der Waals surface area contributed by atoms with Gasteiger partial charge in [-0.2, -0.15) is 0 Å². The third kappa shape index (κ3) is 9.09. The van der Waals surface area contributed by atoms with E-state index < -0.39 is 0 Å². The van der Waals surface area contributed by atoms with Gasteiger partial charge in [-0.15, -0.1) is 37.2 Å². The minimum absolute atomic E-state index is 0. The third-order valence-corrected chi connectivity index (χ3v) is 10.2. The highest BCUT2D eigenvalue weighted by molar-refractivity contribution is 6.31. The first-order valence-corrected chi connectivity index (χ1v) is 17.7. The van der Waals surface area contributed by atoms with Gasteiger partial charge in [0.2, 0.25) is 0 Å². The fraction of sp³-hybridized carbons (Fsp3) is 0.308. The van der Waals surface area contributed by atoms with E-state index >= 15 is 0 Å². The van der Waals surface area contributed by atoms with E-state index in [1.165, 1.54) is 12.7 Å². The second kappa shape index (κ2) is 19.5. The standard InChI is InChI=1S/C20H20ClN3O2.C19H20ClN3O.3ClH/c1-26-20(25)17-12-13-11-14(21)4-5-15(13)19(24-9-7-22-8-10-24)18-16(17)3-2-6-23-18;20-15-3-4-17-13(11-15)10-14(12-24)16-2-1-5-22-18(16)19(17)23-8-6-21-7-9-23;;;/h2-6,11-12,19,22H,7-10H2,1H3;1-5,10-11,19,21,24H,6-9,12H2;3*1H.